The first-order valence-corrected chi connectivity index (χ1v) is 10.6. The molecular formula is C21H31N3O5. The lowest BCUT2D eigenvalue weighted by atomic mass is 9.93. The van der Waals surface area contributed by atoms with E-state index in [1.807, 2.05) is 6.07 Å². The van der Waals surface area contributed by atoms with E-state index >= 15 is 0 Å². The molecule has 4 rings (SSSR count). The topological polar surface area (TPSA) is 92.3 Å². The fourth-order valence-corrected chi connectivity index (χ4v) is 4.31. The average molecular weight is 405 g/mol. The SMILES string of the molecule is CNc1cc2c(c(C(=O)NC[C@@H]3CCN(CC4CCCO4)C[C@H]3O)c1)OCCO2. The highest BCUT2D eigenvalue weighted by atomic mass is 16.6. The van der Waals surface area contributed by atoms with Crippen LogP contribution in [0.15, 0.2) is 12.1 Å². The molecule has 0 aliphatic carbocycles. The Morgan fingerprint density at radius 3 is 2.86 bits per heavy atom. The molecule has 0 radical (unpaired) electrons. The van der Waals surface area contributed by atoms with Gasteiger partial charge in [0, 0.05) is 51.0 Å². The number of β-amino-alcohol motifs (C(OH)–C–C–N with tert-alkyl or cyclic N) is 1. The summed E-state index contributed by atoms with van der Waals surface area (Å²) < 4.78 is 17.0. The number of benzene rings is 1. The number of amides is 1. The largest absolute Gasteiger partial charge is 0.486 e. The van der Waals surface area contributed by atoms with E-state index in [1.54, 1.807) is 13.1 Å². The Hall–Kier alpha value is -2.03. The van der Waals surface area contributed by atoms with Crippen LogP contribution in [0.5, 0.6) is 11.5 Å². The van der Waals surface area contributed by atoms with Gasteiger partial charge in [0.05, 0.1) is 17.8 Å². The Morgan fingerprint density at radius 2 is 2.10 bits per heavy atom. The second-order valence-electron chi connectivity index (χ2n) is 8.02. The summed E-state index contributed by atoms with van der Waals surface area (Å²) in [6.45, 7) is 4.61. The number of carbonyl (C=O) groups excluding carboxylic acids is 1. The number of nitrogens with one attached hydrogen (secondary N) is 2. The van der Waals surface area contributed by atoms with Crippen LogP contribution in [0.25, 0.3) is 0 Å². The highest BCUT2D eigenvalue weighted by Crippen LogP contribution is 2.37. The van der Waals surface area contributed by atoms with Crippen molar-refractivity contribution in [3.63, 3.8) is 0 Å². The predicted molar refractivity (Wildman–Crippen MR) is 109 cm³/mol. The van der Waals surface area contributed by atoms with Gasteiger partial charge in [0.25, 0.3) is 5.91 Å². The molecule has 8 heteroatoms. The van der Waals surface area contributed by atoms with Gasteiger partial charge < -0.3 is 30.0 Å². The summed E-state index contributed by atoms with van der Waals surface area (Å²) in [7, 11) is 1.80. The zero-order valence-electron chi connectivity index (χ0n) is 17.0. The lowest BCUT2D eigenvalue weighted by molar-refractivity contribution is -0.00192. The number of ether oxygens (including phenoxy) is 3. The molecule has 1 amide bonds. The third-order valence-electron chi connectivity index (χ3n) is 5.99. The number of nitrogens with zero attached hydrogens (tertiary/aromatic N) is 1. The maximum Gasteiger partial charge on any atom is 0.255 e. The molecule has 3 aliphatic heterocycles. The molecule has 1 aromatic rings. The van der Waals surface area contributed by atoms with Gasteiger partial charge in [-0.1, -0.05) is 0 Å². The summed E-state index contributed by atoms with van der Waals surface area (Å²) in [6, 6.07) is 3.60. The lowest BCUT2D eigenvalue weighted by Gasteiger charge is -2.37. The molecule has 0 saturated carbocycles. The van der Waals surface area contributed by atoms with E-state index in [9.17, 15) is 9.90 Å². The van der Waals surface area contributed by atoms with Gasteiger partial charge >= 0.3 is 0 Å². The molecule has 0 spiro atoms. The summed E-state index contributed by atoms with van der Waals surface area (Å²) in [6.07, 6.45) is 2.92. The molecule has 3 aliphatic rings. The number of hydrogen-bond donors (Lipinski definition) is 3. The lowest BCUT2D eigenvalue weighted by Crippen LogP contribution is -2.49. The van der Waals surface area contributed by atoms with Crippen LogP contribution in [0.2, 0.25) is 0 Å². The van der Waals surface area contributed by atoms with Crippen LogP contribution in [0.3, 0.4) is 0 Å². The third kappa shape index (κ3) is 4.76. The molecule has 3 N–H and O–H groups in total. The number of hydrogen-bond acceptors (Lipinski definition) is 7. The van der Waals surface area contributed by atoms with Gasteiger partial charge in [-0.2, -0.15) is 0 Å². The second kappa shape index (κ2) is 9.19. The number of piperidine rings is 1. The standard InChI is InChI=1S/C21H31N3O5/c1-22-15-9-17(20-19(10-15)28-7-8-29-20)21(26)23-11-14-4-5-24(13-18(14)25)12-16-3-2-6-27-16/h9-10,14,16,18,22,25H,2-8,11-13H2,1H3,(H,23,26)/t14-,16?,18+/m0/s1. The van der Waals surface area contributed by atoms with Crippen molar-refractivity contribution in [3.8, 4) is 11.5 Å². The molecule has 3 atom stereocenters. The van der Waals surface area contributed by atoms with Gasteiger partial charge in [0.1, 0.15) is 13.2 Å². The number of rotatable bonds is 6. The Morgan fingerprint density at radius 1 is 1.24 bits per heavy atom. The summed E-state index contributed by atoms with van der Waals surface area (Å²) >= 11 is 0. The van der Waals surface area contributed by atoms with Gasteiger partial charge in [-0.3, -0.25) is 9.69 Å². The highest BCUT2D eigenvalue weighted by molar-refractivity contribution is 5.99. The minimum absolute atomic E-state index is 0.0418. The predicted octanol–water partition coefficient (Wildman–Crippen LogP) is 1.09. The molecule has 1 aromatic carbocycles. The van der Waals surface area contributed by atoms with Crippen LogP contribution >= 0.6 is 0 Å². The Balaban J connectivity index is 1.33. The molecule has 160 valence electrons. The van der Waals surface area contributed by atoms with Gasteiger partial charge in [0.2, 0.25) is 0 Å². The summed E-state index contributed by atoms with van der Waals surface area (Å²) in [4.78, 5) is 15.1. The van der Waals surface area contributed by atoms with Crippen molar-refractivity contribution >= 4 is 11.6 Å². The molecule has 8 nitrogen and oxygen atoms in total. The molecule has 0 aromatic heterocycles. The van der Waals surface area contributed by atoms with Gasteiger partial charge in [-0.05, 0) is 31.9 Å². The van der Waals surface area contributed by atoms with Crippen LogP contribution in [0.4, 0.5) is 5.69 Å². The van der Waals surface area contributed by atoms with Gasteiger partial charge in [-0.25, -0.2) is 0 Å². The highest BCUT2D eigenvalue weighted by Gasteiger charge is 2.30. The summed E-state index contributed by atoms with van der Waals surface area (Å²) in [5.74, 6) is 0.897. The molecule has 3 heterocycles. The molecule has 2 fully saturated rings. The monoisotopic (exact) mass is 405 g/mol. The van der Waals surface area contributed by atoms with Gasteiger partial charge in [0.15, 0.2) is 11.5 Å². The molecule has 2 saturated heterocycles. The van der Waals surface area contributed by atoms with Gasteiger partial charge in [-0.15, -0.1) is 0 Å². The van der Waals surface area contributed by atoms with Crippen molar-refractivity contribution < 1.29 is 24.1 Å². The van der Waals surface area contributed by atoms with E-state index in [2.05, 4.69) is 15.5 Å². The first-order chi connectivity index (χ1) is 14.1. The Kier molecular flexibility index (Phi) is 6.42. The number of fused-ring (bicyclic) bond motifs is 1. The normalized spacial score (nSPS) is 26.9. The van der Waals surface area contributed by atoms with Crippen LogP contribution < -0.4 is 20.1 Å². The van der Waals surface area contributed by atoms with E-state index in [-0.39, 0.29) is 11.8 Å². The molecular weight excluding hydrogens is 374 g/mol. The van der Waals surface area contributed by atoms with E-state index in [0.29, 0.717) is 49.5 Å². The minimum atomic E-state index is -0.456. The number of aliphatic hydroxyl groups excluding tert-OH is 1. The zero-order chi connectivity index (χ0) is 20.2. The smallest absolute Gasteiger partial charge is 0.255 e. The van der Waals surface area contributed by atoms with Crippen molar-refractivity contribution in [2.24, 2.45) is 5.92 Å². The fraction of sp³-hybridized carbons (Fsp3) is 0.667. The second-order valence-corrected chi connectivity index (χ2v) is 8.02. The van der Waals surface area contributed by atoms with E-state index in [4.69, 9.17) is 14.2 Å². The summed E-state index contributed by atoms with van der Waals surface area (Å²) in [5.41, 5.74) is 1.25. The first kappa shape index (κ1) is 20.3. The van der Waals surface area contributed by atoms with E-state index in [0.717, 1.165) is 44.6 Å². The maximum absolute atomic E-state index is 12.8. The van der Waals surface area contributed by atoms with E-state index < -0.39 is 6.10 Å². The zero-order valence-corrected chi connectivity index (χ0v) is 17.0. The van der Waals surface area contributed by atoms with Crippen molar-refractivity contribution in [1.82, 2.24) is 10.2 Å². The average Bonchev–Trinajstić information content (AvgIpc) is 3.25. The first-order valence-electron chi connectivity index (χ1n) is 10.6. The molecule has 0 bridgehead atoms. The number of likely N-dealkylation sites (tertiary alicyclic amines) is 1. The molecule has 1 unspecified atom stereocenters. The van der Waals surface area contributed by atoms with Crippen LogP contribution in [0, 0.1) is 5.92 Å². The maximum atomic E-state index is 12.8. The van der Waals surface area contributed by atoms with Crippen LogP contribution in [0.1, 0.15) is 29.6 Å². The van der Waals surface area contributed by atoms with Crippen molar-refractivity contribution in [2.45, 2.75) is 31.5 Å². The minimum Gasteiger partial charge on any atom is -0.486 e. The van der Waals surface area contributed by atoms with E-state index in [1.165, 1.54) is 0 Å². The fourth-order valence-electron chi connectivity index (χ4n) is 4.31. The molecule has 29 heavy (non-hydrogen) atoms. The van der Waals surface area contributed by atoms with Crippen LogP contribution in [-0.4, -0.2) is 81.2 Å². The Labute approximate surface area is 171 Å². The van der Waals surface area contributed by atoms with Crippen molar-refractivity contribution in [2.75, 3.05) is 58.4 Å². The van der Waals surface area contributed by atoms with Crippen LogP contribution in [-0.2, 0) is 4.74 Å². The number of carbonyl (C=O) groups is 1. The Bertz CT molecular complexity index is 723. The van der Waals surface area contributed by atoms with Crippen molar-refractivity contribution in [1.29, 1.82) is 0 Å². The number of aliphatic hydroxyl groups is 1. The quantitative estimate of drug-likeness (QED) is 0.653. The number of anilines is 1. The third-order valence-corrected chi connectivity index (χ3v) is 5.99. The van der Waals surface area contributed by atoms with Crippen molar-refractivity contribution in [3.05, 3.63) is 17.7 Å². The summed E-state index contributed by atoms with van der Waals surface area (Å²) in [5, 5.41) is 16.6.